The lowest BCUT2D eigenvalue weighted by atomic mass is 9.96. The van der Waals surface area contributed by atoms with E-state index in [1.807, 2.05) is 6.92 Å². The monoisotopic (exact) mass is 309 g/mol. The quantitative estimate of drug-likeness (QED) is 0.777. The molecule has 1 aromatic heterocycles. The van der Waals surface area contributed by atoms with E-state index in [0.29, 0.717) is 5.89 Å². The predicted molar refractivity (Wildman–Crippen MR) is 92.2 cm³/mol. The topological polar surface area (TPSA) is 51.0 Å². The Hall–Kier alpha value is -2.20. The van der Waals surface area contributed by atoms with E-state index in [2.05, 4.69) is 78.7 Å². The highest BCUT2D eigenvalue weighted by molar-refractivity contribution is 5.85. The minimum absolute atomic E-state index is 0.0116. The van der Waals surface area contributed by atoms with Gasteiger partial charge in [0.25, 0.3) is 0 Å². The van der Waals surface area contributed by atoms with Gasteiger partial charge in [-0.1, -0.05) is 68.4 Å². The molecule has 0 amide bonds. The molecular formula is C19H23N3O. The van der Waals surface area contributed by atoms with E-state index in [1.54, 1.807) is 0 Å². The van der Waals surface area contributed by atoms with E-state index in [4.69, 9.17) is 4.52 Å². The second kappa shape index (κ2) is 6.13. The summed E-state index contributed by atoms with van der Waals surface area (Å²) in [6, 6.07) is 14.8. The van der Waals surface area contributed by atoms with Gasteiger partial charge in [0.1, 0.15) is 0 Å². The molecule has 0 saturated carbocycles. The van der Waals surface area contributed by atoms with E-state index in [0.717, 1.165) is 12.4 Å². The smallest absolute Gasteiger partial charge is 0.243 e. The zero-order valence-corrected chi connectivity index (χ0v) is 14.1. The molecule has 0 aliphatic heterocycles. The number of nitrogens with one attached hydrogen (secondary N) is 1. The predicted octanol–water partition coefficient (Wildman–Crippen LogP) is 4.37. The van der Waals surface area contributed by atoms with Gasteiger partial charge in [-0.15, -0.1) is 0 Å². The molecule has 0 radical (unpaired) electrons. The van der Waals surface area contributed by atoms with Crippen molar-refractivity contribution < 1.29 is 4.52 Å². The molecule has 0 aliphatic carbocycles. The third-order valence-corrected chi connectivity index (χ3v) is 3.96. The number of fused-ring (bicyclic) bond motifs is 1. The van der Waals surface area contributed by atoms with Crippen molar-refractivity contribution in [1.82, 2.24) is 15.5 Å². The normalized spacial score (nSPS) is 13.4. The van der Waals surface area contributed by atoms with Gasteiger partial charge in [-0.05, 0) is 23.3 Å². The lowest BCUT2D eigenvalue weighted by Crippen LogP contribution is -2.19. The summed E-state index contributed by atoms with van der Waals surface area (Å²) in [5.74, 6) is 1.38. The van der Waals surface area contributed by atoms with Crippen molar-refractivity contribution in [3.05, 3.63) is 59.7 Å². The molecule has 0 aliphatic rings. The summed E-state index contributed by atoms with van der Waals surface area (Å²) in [6.45, 7) is 9.04. The Morgan fingerprint density at radius 2 is 1.83 bits per heavy atom. The highest BCUT2D eigenvalue weighted by atomic mass is 16.5. The van der Waals surface area contributed by atoms with Crippen molar-refractivity contribution in [3.63, 3.8) is 0 Å². The maximum absolute atomic E-state index is 5.41. The zero-order chi connectivity index (χ0) is 16.4. The number of hydrogen-bond donors (Lipinski definition) is 1. The number of hydrogen-bond acceptors (Lipinski definition) is 4. The molecule has 4 nitrogen and oxygen atoms in total. The molecule has 0 fully saturated rings. The zero-order valence-electron chi connectivity index (χ0n) is 14.1. The third-order valence-electron chi connectivity index (χ3n) is 3.96. The van der Waals surface area contributed by atoms with Crippen molar-refractivity contribution in [1.29, 1.82) is 0 Å². The van der Waals surface area contributed by atoms with Gasteiger partial charge in [-0.3, -0.25) is 0 Å². The van der Waals surface area contributed by atoms with Crippen LogP contribution in [0.25, 0.3) is 10.8 Å². The van der Waals surface area contributed by atoms with Crippen LogP contribution in [0, 0.1) is 0 Å². The molecule has 0 saturated heterocycles. The van der Waals surface area contributed by atoms with Crippen LogP contribution in [0.3, 0.4) is 0 Å². The Labute approximate surface area is 136 Å². The number of aromatic nitrogens is 2. The maximum atomic E-state index is 5.41. The summed E-state index contributed by atoms with van der Waals surface area (Å²) >= 11 is 0. The van der Waals surface area contributed by atoms with Gasteiger partial charge in [0.15, 0.2) is 5.82 Å². The Bertz CT molecular complexity index is 796. The van der Waals surface area contributed by atoms with Crippen LogP contribution >= 0.6 is 0 Å². The fourth-order valence-corrected chi connectivity index (χ4v) is 2.51. The summed E-state index contributed by atoms with van der Waals surface area (Å²) in [7, 11) is 0. The van der Waals surface area contributed by atoms with E-state index >= 15 is 0 Å². The van der Waals surface area contributed by atoms with Crippen LogP contribution in [0.2, 0.25) is 0 Å². The second-order valence-electron chi connectivity index (χ2n) is 6.95. The fourth-order valence-electron chi connectivity index (χ4n) is 2.51. The van der Waals surface area contributed by atoms with E-state index in [9.17, 15) is 0 Å². The lowest BCUT2D eigenvalue weighted by Gasteiger charge is -2.12. The molecule has 1 N–H and O–H groups in total. The van der Waals surface area contributed by atoms with Crippen LogP contribution in [0.5, 0.6) is 0 Å². The van der Waals surface area contributed by atoms with Gasteiger partial charge in [-0.2, -0.15) is 4.98 Å². The minimum Gasteiger partial charge on any atom is -0.338 e. The first kappa shape index (κ1) is 15.7. The standard InChI is InChI=1S/C19H23N3O/c1-13(17-21-18(22-23-17)19(2,3)4)20-12-15-10-7-9-14-8-5-6-11-16(14)15/h5-11,13,20H,12H2,1-4H3. The third kappa shape index (κ3) is 3.42. The molecule has 4 heteroatoms. The molecule has 2 aromatic carbocycles. The molecular weight excluding hydrogens is 286 g/mol. The van der Waals surface area contributed by atoms with E-state index in [1.165, 1.54) is 16.3 Å². The van der Waals surface area contributed by atoms with Crippen LogP contribution in [0.15, 0.2) is 47.0 Å². The van der Waals surface area contributed by atoms with Gasteiger partial charge in [0.05, 0.1) is 6.04 Å². The fraction of sp³-hybridized carbons (Fsp3) is 0.368. The Balaban J connectivity index is 1.73. The van der Waals surface area contributed by atoms with Gasteiger partial charge >= 0.3 is 0 Å². The molecule has 3 aromatic rings. The van der Waals surface area contributed by atoms with Crippen LogP contribution < -0.4 is 5.32 Å². The highest BCUT2D eigenvalue weighted by Crippen LogP contribution is 2.22. The first-order chi connectivity index (χ1) is 10.9. The summed E-state index contributed by atoms with van der Waals surface area (Å²) in [5, 5.41) is 10.1. The summed E-state index contributed by atoms with van der Waals surface area (Å²) < 4.78 is 5.41. The lowest BCUT2D eigenvalue weighted by molar-refractivity contribution is 0.330. The number of rotatable bonds is 4. The molecule has 1 heterocycles. The first-order valence-electron chi connectivity index (χ1n) is 7.99. The van der Waals surface area contributed by atoms with Crippen molar-refractivity contribution in [2.75, 3.05) is 0 Å². The first-order valence-corrected chi connectivity index (χ1v) is 7.99. The Kier molecular flexibility index (Phi) is 4.18. The molecule has 1 atom stereocenters. The molecule has 0 spiro atoms. The average Bonchev–Trinajstić information content (AvgIpc) is 3.03. The Morgan fingerprint density at radius 3 is 2.57 bits per heavy atom. The number of nitrogens with zero attached hydrogens (tertiary/aromatic N) is 2. The van der Waals surface area contributed by atoms with Gasteiger partial charge in [-0.25, -0.2) is 0 Å². The largest absolute Gasteiger partial charge is 0.338 e. The van der Waals surface area contributed by atoms with Crippen LogP contribution in [-0.4, -0.2) is 10.1 Å². The van der Waals surface area contributed by atoms with Crippen LogP contribution in [0.1, 0.15) is 51.0 Å². The van der Waals surface area contributed by atoms with Crippen molar-refractivity contribution in [2.24, 2.45) is 0 Å². The molecule has 23 heavy (non-hydrogen) atoms. The maximum Gasteiger partial charge on any atom is 0.243 e. The van der Waals surface area contributed by atoms with Crippen molar-refractivity contribution >= 4 is 10.8 Å². The van der Waals surface area contributed by atoms with Gasteiger partial charge in [0.2, 0.25) is 5.89 Å². The summed E-state index contributed by atoms with van der Waals surface area (Å²) in [5.41, 5.74) is 1.17. The van der Waals surface area contributed by atoms with Crippen LogP contribution in [-0.2, 0) is 12.0 Å². The second-order valence-corrected chi connectivity index (χ2v) is 6.95. The molecule has 1 unspecified atom stereocenters. The Morgan fingerprint density at radius 1 is 1.09 bits per heavy atom. The van der Waals surface area contributed by atoms with Crippen molar-refractivity contribution in [2.45, 2.75) is 45.7 Å². The van der Waals surface area contributed by atoms with Crippen molar-refractivity contribution in [3.8, 4) is 0 Å². The van der Waals surface area contributed by atoms with E-state index in [-0.39, 0.29) is 11.5 Å². The molecule has 120 valence electrons. The minimum atomic E-state index is -0.100. The highest BCUT2D eigenvalue weighted by Gasteiger charge is 2.22. The SMILES string of the molecule is CC(NCc1cccc2ccccc12)c1nc(C(C)(C)C)no1. The van der Waals surface area contributed by atoms with Gasteiger partial charge in [0, 0.05) is 12.0 Å². The van der Waals surface area contributed by atoms with E-state index < -0.39 is 0 Å². The molecule has 0 bridgehead atoms. The summed E-state index contributed by atoms with van der Waals surface area (Å²) in [4.78, 5) is 4.52. The van der Waals surface area contributed by atoms with Gasteiger partial charge < -0.3 is 9.84 Å². The summed E-state index contributed by atoms with van der Waals surface area (Å²) in [6.07, 6.45) is 0. The number of benzene rings is 2. The van der Waals surface area contributed by atoms with Crippen LogP contribution in [0.4, 0.5) is 0 Å². The average molecular weight is 309 g/mol. The molecule has 3 rings (SSSR count).